The average Bonchev–Trinajstić information content (AvgIpc) is 3.26. The molecule has 1 aliphatic heterocycles. The van der Waals surface area contributed by atoms with Crippen LogP contribution in [-0.4, -0.2) is 24.8 Å². The summed E-state index contributed by atoms with van der Waals surface area (Å²) in [6, 6.07) is 15.4. The van der Waals surface area contributed by atoms with Crippen molar-refractivity contribution >= 4 is 66.0 Å². The van der Waals surface area contributed by atoms with Gasteiger partial charge in [-0.15, -0.1) is 11.3 Å². The van der Waals surface area contributed by atoms with Gasteiger partial charge in [0.2, 0.25) is 10.0 Å². The molecule has 1 fully saturated rings. The second kappa shape index (κ2) is 8.26. The fourth-order valence-corrected chi connectivity index (χ4v) is 6.05. The molecule has 0 bridgehead atoms. The normalized spacial score (nSPS) is 19.0. The zero-order chi connectivity index (χ0) is 21.5. The van der Waals surface area contributed by atoms with Crippen molar-refractivity contribution in [1.82, 2.24) is 10.3 Å². The molecule has 2 atom stereocenters. The number of sulfonamides is 1. The predicted molar refractivity (Wildman–Crippen MR) is 130 cm³/mol. The van der Waals surface area contributed by atoms with E-state index in [2.05, 4.69) is 41.9 Å². The Morgan fingerprint density at radius 3 is 2.63 bits per heavy atom. The standard InChI is InChI=1S/C20H19BrN4O2S3/c1-12-11-13(6-7-14(12)24-30(2,26)27)25-19(16-8-9-17(21)29-16)18(23-20(25)28)15-5-3-4-10-22-15/h3-11,18-19,24H,1-2H3,(H,23,28)/t18-,19-/m0/s1. The topological polar surface area (TPSA) is 74.3 Å². The molecule has 1 saturated heterocycles. The molecule has 0 radical (unpaired) electrons. The summed E-state index contributed by atoms with van der Waals surface area (Å²) in [6.45, 7) is 1.87. The Kier molecular flexibility index (Phi) is 5.84. The summed E-state index contributed by atoms with van der Waals surface area (Å²) in [4.78, 5) is 7.76. The second-order valence-corrected chi connectivity index (χ2v) is 11.6. The third-order valence-electron chi connectivity index (χ3n) is 4.77. The number of halogens is 1. The number of aromatic nitrogens is 1. The summed E-state index contributed by atoms with van der Waals surface area (Å²) < 4.78 is 26.8. The Morgan fingerprint density at radius 2 is 2.03 bits per heavy atom. The molecule has 0 unspecified atom stereocenters. The highest BCUT2D eigenvalue weighted by molar-refractivity contribution is 9.11. The molecule has 1 aliphatic rings. The molecule has 6 nitrogen and oxygen atoms in total. The van der Waals surface area contributed by atoms with Crippen LogP contribution < -0.4 is 14.9 Å². The molecule has 0 aliphatic carbocycles. The zero-order valence-corrected chi connectivity index (χ0v) is 20.2. The van der Waals surface area contributed by atoms with E-state index in [4.69, 9.17) is 12.2 Å². The minimum atomic E-state index is -3.35. The highest BCUT2D eigenvalue weighted by atomic mass is 79.9. The molecule has 156 valence electrons. The maximum atomic E-state index is 11.6. The Labute approximate surface area is 193 Å². The molecule has 2 N–H and O–H groups in total. The predicted octanol–water partition coefficient (Wildman–Crippen LogP) is 4.76. The van der Waals surface area contributed by atoms with Gasteiger partial charge in [0, 0.05) is 16.8 Å². The van der Waals surface area contributed by atoms with Crippen LogP contribution in [0, 0.1) is 6.92 Å². The maximum absolute atomic E-state index is 11.6. The molecule has 10 heteroatoms. The molecule has 4 rings (SSSR count). The molecule has 2 aromatic heterocycles. The van der Waals surface area contributed by atoms with Gasteiger partial charge in [0.05, 0.1) is 33.5 Å². The number of hydrogen-bond acceptors (Lipinski definition) is 5. The molecule has 3 heterocycles. The molecule has 30 heavy (non-hydrogen) atoms. The average molecular weight is 524 g/mol. The highest BCUT2D eigenvalue weighted by Crippen LogP contribution is 2.44. The lowest BCUT2D eigenvalue weighted by atomic mass is 10.0. The summed E-state index contributed by atoms with van der Waals surface area (Å²) in [7, 11) is -3.35. The summed E-state index contributed by atoms with van der Waals surface area (Å²) in [5, 5.41) is 4.02. The van der Waals surface area contributed by atoms with Crippen molar-refractivity contribution in [3.05, 3.63) is 74.6 Å². The van der Waals surface area contributed by atoms with Crippen molar-refractivity contribution in [2.75, 3.05) is 15.9 Å². The van der Waals surface area contributed by atoms with E-state index < -0.39 is 10.0 Å². The number of thiophene rings is 1. The van der Waals surface area contributed by atoms with E-state index in [9.17, 15) is 8.42 Å². The van der Waals surface area contributed by atoms with E-state index >= 15 is 0 Å². The van der Waals surface area contributed by atoms with Gasteiger partial charge < -0.3 is 10.2 Å². The number of nitrogens with zero attached hydrogens (tertiary/aromatic N) is 2. The van der Waals surface area contributed by atoms with Gasteiger partial charge >= 0.3 is 0 Å². The number of anilines is 2. The van der Waals surface area contributed by atoms with Crippen LogP contribution in [0.1, 0.15) is 28.2 Å². The number of pyridine rings is 1. The van der Waals surface area contributed by atoms with Gasteiger partial charge in [-0.2, -0.15) is 0 Å². The van der Waals surface area contributed by atoms with E-state index in [1.807, 2.05) is 43.3 Å². The van der Waals surface area contributed by atoms with Gasteiger partial charge in [0.15, 0.2) is 5.11 Å². The van der Waals surface area contributed by atoms with E-state index in [0.29, 0.717) is 10.8 Å². The SMILES string of the molecule is Cc1cc(N2C(=S)N[C@@H](c3ccccn3)[C@@H]2c2ccc(Br)s2)ccc1NS(C)(=O)=O. The Bertz CT molecular complexity index is 1200. The van der Waals surface area contributed by atoms with Crippen molar-refractivity contribution in [3.8, 4) is 0 Å². The Hall–Kier alpha value is -2.01. The smallest absolute Gasteiger partial charge is 0.229 e. The van der Waals surface area contributed by atoms with Crippen LogP contribution in [0.3, 0.4) is 0 Å². The Morgan fingerprint density at radius 1 is 1.23 bits per heavy atom. The number of aryl methyl sites for hydroxylation is 1. The summed E-state index contributed by atoms with van der Waals surface area (Å²) in [5.74, 6) is 0. The van der Waals surface area contributed by atoms with Crippen LogP contribution in [0.25, 0.3) is 0 Å². The number of hydrogen-bond donors (Lipinski definition) is 2. The van der Waals surface area contributed by atoms with E-state index in [1.165, 1.54) is 0 Å². The van der Waals surface area contributed by atoms with E-state index in [-0.39, 0.29) is 12.1 Å². The minimum Gasteiger partial charge on any atom is -0.351 e. The van der Waals surface area contributed by atoms with Gasteiger partial charge in [-0.1, -0.05) is 6.07 Å². The monoisotopic (exact) mass is 522 g/mol. The largest absolute Gasteiger partial charge is 0.351 e. The van der Waals surface area contributed by atoms with Crippen molar-refractivity contribution < 1.29 is 8.42 Å². The second-order valence-electron chi connectivity index (χ2n) is 7.01. The number of benzene rings is 1. The van der Waals surface area contributed by atoms with Crippen LogP contribution in [0.15, 0.2) is 58.5 Å². The van der Waals surface area contributed by atoms with Crippen LogP contribution in [0.4, 0.5) is 11.4 Å². The first-order chi connectivity index (χ1) is 14.2. The maximum Gasteiger partial charge on any atom is 0.229 e. The van der Waals surface area contributed by atoms with Crippen LogP contribution >= 0.6 is 39.5 Å². The lowest BCUT2D eigenvalue weighted by Gasteiger charge is -2.27. The summed E-state index contributed by atoms with van der Waals surface area (Å²) >= 11 is 10.9. The summed E-state index contributed by atoms with van der Waals surface area (Å²) in [5.41, 5.74) is 3.16. The molecular formula is C20H19BrN4O2S3. The number of thiocarbonyl (C=S) groups is 1. The molecule has 0 amide bonds. The fourth-order valence-electron chi connectivity index (χ4n) is 3.52. The molecular weight excluding hydrogens is 504 g/mol. The fraction of sp³-hybridized carbons (Fsp3) is 0.200. The van der Waals surface area contributed by atoms with Gasteiger partial charge in [-0.05, 0) is 83.1 Å². The molecule has 0 saturated carbocycles. The first kappa shape index (κ1) is 21.2. The minimum absolute atomic E-state index is 0.0863. The van der Waals surface area contributed by atoms with Crippen molar-refractivity contribution in [1.29, 1.82) is 0 Å². The lowest BCUT2D eigenvalue weighted by Crippen LogP contribution is -2.29. The third-order valence-corrected chi connectivity index (χ3v) is 7.37. The first-order valence-electron chi connectivity index (χ1n) is 9.07. The molecule has 3 aromatic rings. The van der Waals surface area contributed by atoms with Gasteiger partial charge in [0.1, 0.15) is 0 Å². The van der Waals surface area contributed by atoms with Gasteiger partial charge in [-0.3, -0.25) is 9.71 Å². The molecule has 1 aromatic carbocycles. The van der Waals surface area contributed by atoms with Crippen molar-refractivity contribution in [2.24, 2.45) is 0 Å². The van der Waals surface area contributed by atoms with Crippen LogP contribution in [0.2, 0.25) is 0 Å². The van der Waals surface area contributed by atoms with E-state index in [0.717, 1.165) is 31.9 Å². The molecule has 0 spiro atoms. The quantitative estimate of drug-likeness (QED) is 0.470. The van der Waals surface area contributed by atoms with Gasteiger partial charge in [0.25, 0.3) is 0 Å². The Balaban J connectivity index is 1.77. The first-order valence-corrected chi connectivity index (χ1v) is 13.0. The number of nitrogens with one attached hydrogen (secondary N) is 2. The van der Waals surface area contributed by atoms with E-state index in [1.54, 1.807) is 23.6 Å². The zero-order valence-electron chi connectivity index (χ0n) is 16.2. The van der Waals surface area contributed by atoms with Crippen molar-refractivity contribution in [3.63, 3.8) is 0 Å². The number of rotatable bonds is 5. The third kappa shape index (κ3) is 4.36. The van der Waals surface area contributed by atoms with Crippen LogP contribution in [-0.2, 0) is 10.0 Å². The van der Waals surface area contributed by atoms with Crippen LogP contribution in [0.5, 0.6) is 0 Å². The lowest BCUT2D eigenvalue weighted by molar-refractivity contribution is 0.575. The summed E-state index contributed by atoms with van der Waals surface area (Å²) in [6.07, 6.45) is 2.92. The highest BCUT2D eigenvalue weighted by Gasteiger charge is 2.41. The van der Waals surface area contributed by atoms with Gasteiger partial charge in [-0.25, -0.2) is 8.42 Å². The van der Waals surface area contributed by atoms with Crippen molar-refractivity contribution in [2.45, 2.75) is 19.0 Å².